The van der Waals surface area contributed by atoms with Gasteiger partial charge in [0.25, 0.3) is 0 Å². The molecule has 0 bridgehead atoms. The molecule has 0 aliphatic rings. The average Bonchev–Trinajstić information content (AvgIpc) is 2.19. The van der Waals surface area contributed by atoms with Gasteiger partial charge in [-0.15, -0.1) is 0 Å². The van der Waals surface area contributed by atoms with E-state index in [0.29, 0.717) is 25.6 Å². The molecule has 0 heterocycles. The van der Waals surface area contributed by atoms with Crippen LogP contribution >= 0.6 is 0 Å². The molecule has 0 spiro atoms. The van der Waals surface area contributed by atoms with Crippen molar-refractivity contribution in [1.82, 2.24) is 21.3 Å². The van der Waals surface area contributed by atoms with E-state index in [0.717, 1.165) is 0 Å². The molecule has 0 aromatic heterocycles. The van der Waals surface area contributed by atoms with Crippen molar-refractivity contribution in [2.45, 2.75) is 8.94 Å². The molecule has 0 rings (SSSR count). The van der Waals surface area contributed by atoms with Crippen molar-refractivity contribution in [3.05, 3.63) is 0 Å². The van der Waals surface area contributed by atoms with Gasteiger partial charge in [-0.05, 0) is 0 Å². The minimum atomic E-state index is -1.04. The molecule has 0 aliphatic heterocycles. The van der Waals surface area contributed by atoms with Crippen molar-refractivity contribution in [3.63, 3.8) is 0 Å². The molecule has 0 saturated heterocycles. The van der Waals surface area contributed by atoms with Gasteiger partial charge < -0.3 is 0 Å². The first-order valence-corrected chi connectivity index (χ1v) is 5.63. The molecule has 0 fully saturated rings. The fraction of sp³-hybridized carbons (Fsp3) is 0.333. The zero-order chi connectivity index (χ0) is 11.5. The van der Waals surface area contributed by atoms with Gasteiger partial charge in [-0.25, -0.2) is 0 Å². The van der Waals surface area contributed by atoms with E-state index in [1.165, 1.54) is 0 Å². The summed E-state index contributed by atoms with van der Waals surface area (Å²) < 4.78 is -1.07. The zero-order valence-electron chi connectivity index (χ0n) is 7.60. The van der Waals surface area contributed by atoms with Crippen LogP contribution in [0.1, 0.15) is 0 Å². The van der Waals surface area contributed by atoms with Crippen LogP contribution in [0.15, 0.2) is 0 Å². The first kappa shape index (κ1) is 13.6. The number of amides is 4. The third kappa shape index (κ3) is 6.64. The van der Waals surface area contributed by atoms with Crippen LogP contribution in [0.2, 0.25) is 0 Å². The first-order valence-electron chi connectivity index (χ1n) is 3.83. The van der Waals surface area contributed by atoms with E-state index < -0.39 is 28.1 Å². The molecule has 0 atom stereocenters. The normalized spacial score (nSPS) is 8.93. The maximum atomic E-state index is 10.2. The Morgan fingerprint density at radius 2 is 0.933 bits per heavy atom. The molecule has 4 amide bonds. The van der Waals surface area contributed by atoms with Gasteiger partial charge in [0.1, 0.15) is 0 Å². The third-order valence-electron chi connectivity index (χ3n) is 1.27. The van der Waals surface area contributed by atoms with Crippen LogP contribution < -0.4 is 21.3 Å². The maximum absolute atomic E-state index is 10.2. The Morgan fingerprint density at radius 1 is 0.667 bits per heavy atom. The number of hydrogen-bond acceptors (Lipinski definition) is 4. The molecule has 8 nitrogen and oxygen atoms in total. The number of carbonyl (C=O) groups is 4. The van der Waals surface area contributed by atoms with Gasteiger partial charge in [-0.3, -0.25) is 0 Å². The minimum absolute atomic E-state index is 0.434. The van der Waals surface area contributed by atoms with Crippen molar-refractivity contribution < 1.29 is 38.3 Å². The van der Waals surface area contributed by atoms with E-state index in [9.17, 15) is 19.2 Å². The summed E-state index contributed by atoms with van der Waals surface area (Å²) in [4.78, 5) is 40.6. The van der Waals surface area contributed by atoms with Crippen LogP contribution in [-0.4, -0.2) is 34.6 Å². The van der Waals surface area contributed by atoms with Gasteiger partial charge in [-0.1, -0.05) is 0 Å². The standard InChI is InChI=1S/2C3H5N2O2.Ti/c2*6-2-4-1-5-3-7;/h2*1-3H,(H,4,6)(H,5,7);. The second-order valence-electron chi connectivity index (χ2n) is 2.17. The third-order valence-corrected chi connectivity index (χ3v) is 3.35. The molecular weight excluding hydrogens is 240 g/mol. The van der Waals surface area contributed by atoms with Crippen LogP contribution in [0.3, 0.4) is 0 Å². The van der Waals surface area contributed by atoms with E-state index in [4.69, 9.17) is 0 Å². The summed E-state index contributed by atoms with van der Waals surface area (Å²) in [5, 5.41) is 9.41. The van der Waals surface area contributed by atoms with E-state index in [-0.39, 0.29) is 0 Å². The van der Waals surface area contributed by atoms with E-state index in [1.807, 2.05) is 0 Å². The van der Waals surface area contributed by atoms with Crippen LogP contribution in [0.5, 0.6) is 0 Å². The van der Waals surface area contributed by atoms with Gasteiger partial charge >= 0.3 is 94.2 Å². The number of carbonyl (C=O) groups excluding carboxylic acids is 4. The summed E-state index contributed by atoms with van der Waals surface area (Å²) in [6.45, 7) is 0. The molecule has 0 radical (unpaired) electrons. The predicted molar refractivity (Wildman–Crippen MR) is 44.4 cm³/mol. The van der Waals surface area contributed by atoms with Crippen LogP contribution in [0, 0.1) is 0 Å². The van der Waals surface area contributed by atoms with Crippen molar-refractivity contribution in [2.24, 2.45) is 0 Å². The Morgan fingerprint density at radius 3 is 1.13 bits per heavy atom. The molecule has 4 N–H and O–H groups in total. The molecule has 82 valence electrons. The van der Waals surface area contributed by atoms with E-state index in [1.54, 1.807) is 0 Å². The molecule has 15 heavy (non-hydrogen) atoms. The van der Waals surface area contributed by atoms with Crippen molar-refractivity contribution in [2.75, 3.05) is 0 Å². The molecule has 0 aliphatic carbocycles. The van der Waals surface area contributed by atoms with E-state index in [2.05, 4.69) is 21.3 Å². The summed E-state index contributed by atoms with van der Waals surface area (Å²) in [5.41, 5.74) is 0. The fourth-order valence-corrected chi connectivity index (χ4v) is 2.27. The molecule has 9 heteroatoms. The molecule has 0 aromatic carbocycles. The molecule has 0 unspecified atom stereocenters. The Hall–Kier alpha value is -1.41. The van der Waals surface area contributed by atoms with Crippen molar-refractivity contribution in [1.29, 1.82) is 0 Å². The van der Waals surface area contributed by atoms with Crippen molar-refractivity contribution in [3.8, 4) is 0 Å². The van der Waals surface area contributed by atoms with Crippen LogP contribution in [0.4, 0.5) is 0 Å². The summed E-state index contributed by atoms with van der Waals surface area (Å²) in [7, 11) is 0. The summed E-state index contributed by atoms with van der Waals surface area (Å²) >= 11 is -1.04. The summed E-state index contributed by atoms with van der Waals surface area (Å²) in [6.07, 6.45) is 1.74. The molecule has 0 saturated carbocycles. The summed E-state index contributed by atoms with van der Waals surface area (Å²) in [5.74, 6) is 0. The molecular formula is C6H10N4O4Ti. The Bertz CT molecular complexity index is 185. The van der Waals surface area contributed by atoms with Crippen LogP contribution in [-0.2, 0) is 38.3 Å². The second-order valence-corrected chi connectivity index (χ2v) is 4.49. The first-order chi connectivity index (χ1) is 7.28. The van der Waals surface area contributed by atoms with Gasteiger partial charge in [0.2, 0.25) is 0 Å². The SMILES string of the molecule is O=CN[CH](NC=O)[Ti][CH](NC=O)NC=O. The average molecular weight is 250 g/mol. The molecule has 0 aromatic rings. The van der Waals surface area contributed by atoms with Gasteiger partial charge in [0, 0.05) is 0 Å². The number of hydrogen-bond donors (Lipinski definition) is 4. The Labute approximate surface area is 94.5 Å². The number of nitrogens with one attached hydrogen (secondary N) is 4. The monoisotopic (exact) mass is 250 g/mol. The predicted octanol–water partition coefficient (Wildman–Crippen LogP) is -3.38. The van der Waals surface area contributed by atoms with Crippen LogP contribution in [0.25, 0.3) is 0 Å². The Balaban J connectivity index is 4.15. The quantitative estimate of drug-likeness (QED) is 0.184. The zero-order valence-corrected chi connectivity index (χ0v) is 9.16. The van der Waals surface area contributed by atoms with Gasteiger partial charge in [0.15, 0.2) is 0 Å². The second kappa shape index (κ2) is 9.16. The summed E-state index contributed by atoms with van der Waals surface area (Å²) in [6, 6.07) is 0. The van der Waals surface area contributed by atoms with Gasteiger partial charge in [0.05, 0.1) is 0 Å². The van der Waals surface area contributed by atoms with Crippen molar-refractivity contribution >= 4 is 25.6 Å². The topological polar surface area (TPSA) is 116 Å². The fourth-order valence-electron chi connectivity index (χ4n) is 0.728. The van der Waals surface area contributed by atoms with E-state index >= 15 is 0 Å². The number of rotatable bonds is 10. The Kier molecular flexibility index (Phi) is 8.30. The van der Waals surface area contributed by atoms with Gasteiger partial charge in [-0.2, -0.15) is 0 Å².